The lowest BCUT2D eigenvalue weighted by Crippen LogP contribution is -2.23. The fraction of sp³-hybridized carbons (Fsp3) is 0.143. The number of hydrogen-bond acceptors (Lipinski definition) is 4. The largest absolute Gasteiger partial charge is 0.495 e. The summed E-state index contributed by atoms with van der Waals surface area (Å²) in [6.45, 7) is 2.49. The van der Waals surface area contributed by atoms with Crippen LogP contribution in [-0.2, 0) is 6.54 Å². The number of carbonyl (C=O) groups excluding carboxylic acids is 1. The van der Waals surface area contributed by atoms with Gasteiger partial charge in [-0.15, -0.1) is 0 Å². The number of ether oxygens (including phenoxy) is 1. The van der Waals surface area contributed by atoms with Gasteiger partial charge in [-0.1, -0.05) is 35.9 Å². The lowest BCUT2D eigenvalue weighted by atomic mass is 10.1. The Bertz CT molecular complexity index is 960. The van der Waals surface area contributed by atoms with Crippen molar-refractivity contribution >= 4 is 29.0 Å². The number of pyridine rings is 1. The number of amides is 1. The van der Waals surface area contributed by atoms with Crippen LogP contribution < -0.4 is 15.4 Å². The predicted octanol–water partition coefficient (Wildman–Crippen LogP) is 4.73. The zero-order chi connectivity index (χ0) is 19.2. The number of rotatable bonds is 6. The van der Waals surface area contributed by atoms with Gasteiger partial charge in [-0.05, 0) is 48.4 Å². The molecule has 0 fully saturated rings. The van der Waals surface area contributed by atoms with E-state index in [0.29, 0.717) is 34.4 Å². The molecule has 0 bridgehead atoms. The minimum Gasteiger partial charge on any atom is -0.495 e. The Balaban J connectivity index is 1.73. The molecule has 0 saturated carbocycles. The van der Waals surface area contributed by atoms with E-state index in [1.165, 1.54) is 0 Å². The lowest BCUT2D eigenvalue weighted by Gasteiger charge is -2.12. The van der Waals surface area contributed by atoms with Crippen LogP contribution in [0.3, 0.4) is 0 Å². The number of anilines is 2. The first-order chi connectivity index (χ1) is 13.1. The van der Waals surface area contributed by atoms with E-state index in [-0.39, 0.29) is 5.91 Å². The number of aromatic nitrogens is 1. The average molecular weight is 382 g/mol. The van der Waals surface area contributed by atoms with E-state index in [0.717, 1.165) is 11.1 Å². The Morgan fingerprint density at radius 3 is 2.74 bits per heavy atom. The summed E-state index contributed by atoms with van der Waals surface area (Å²) in [5, 5.41) is 6.65. The number of methoxy groups -OCH3 is 1. The number of benzene rings is 2. The maximum absolute atomic E-state index is 12.5. The van der Waals surface area contributed by atoms with Crippen LogP contribution in [0, 0.1) is 6.92 Å². The molecule has 3 rings (SSSR count). The Morgan fingerprint density at radius 2 is 1.96 bits per heavy atom. The maximum atomic E-state index is 12.5. The highest BCUT2D eigenvalue weighted by Gasteiger charge is 2.10. The highest BCUT2D eigenvalue weighted by atomic mass is 35.5. The van der Waals surface area contributed by atoms with Crippen LogP contribution in [0.5, 0.6) is 5.75 Å². The molecule has 0 atom stereocenters. The number of hydrogen-bond donors (Lipinski definition) is 2. The van der Waals surface area contributed by atoms with Gasteiger partial charge in [-0.3, -0.25) is 4.79 Å². The summed E-state index contributed by atoms with van der Waals surface area (Å²) in [4.78, 5) is 16.8. The summed E-state index contributed by atoms with van der Waals surface area (Å²) >= 11 is 6.05. The number of aryl methyl sites for hydroxylation is 1. The third-order valence-corrected chi connectivity index (χ3v) is 4.38. The standard InChI is InChI=1S/C21H20ClN3O2/c1-14-5-3-4-6-16(14)13-24-21(26)15-9-10-23-20(11-15)25-18-12-17(22)7-8-19(18)27-2/h3-12H,13H2,1-2H3,(H,23,25)(H,24,26). The van der Waals surface area contributed by atoms with Crippen LogP contribution in [0.2, 0.25) is 5.02 Å². The first-order valence-electron chi connectivity index (χ1n) is 8.46. The first-order valence-corrected chi connectivity index (χ1v) is 8.84. The molecule has 0 spiro atoms. The van der Waals surface area contributed by atoms with Crippen LogP contribution in [0.15, 0.2) is 60.8 Å². The summed E-state index contributed by atoms with van der Waals surface area (Å²) in [6, 6.07) is 16.6. The molecule has 1 amide bonds. The van der Waals surface area contributed by atoms with E-state index in [4.69, 9.17) is 16.3 Å². The molecule has 2 aromatic carbocycles. The maximum Gasteiger partial charge on any atom is 0.251 e. The van der Waals surface area contributed by atoms with Gasteiger partial charge in [-0.25, -0.2) is 4.98 Å². The summed E-state index contributed by atoms with van der Waals surface area (Å²) in [5.74, 6) is 0.997. The number of nitrogens with one attached hydrogen (secondary N) is 2. The number of halogens is 1. The van der Waals surface area contributed by atoms with Gasteiger partial charge in [0.15, 0.2) is 0 Å². The highest BCUT2D eigenvalue weighted by Crippen LogP contribution is 2.30. The fourth-order valence-electron chi connectivity index (χ4n) is 2.64. The van der Waals surface area contributed by atoms with Gasteiger partial charge >= 0.3 is 0 Å². The van der Waals surface area contributed by atoms with Crippen molar-refractivity contribution in [2.24, 2.45) is 0 Å². The third kappa shape index (κ3) is 4.77. The topological polar surface area (TPSA) is 63.2 Å². The van der Waals surface area contributed by atoms with E-state index in [1.807, 2.05) is 31.2 Å². The van der Waals surface area contributed by atoms with Crippen LogP contribution in [0.25, 0.3) is 0 Å². The summed E-state index contributed by atoms with van der Waals surface area (Å²) in [6.07, 6.45) is 1.59. The van der Waals surface area contributed by atoms with Crippen LogP contribution in [0.1, 0.15) is 21.5 Å². The Hall–Kier alpha value is -3.05. The third-order valence-electron chi connectivity index (χ3n) is 4.15. The van der Waals surface area contributed by atoms with E-state index in [9.17, 15) is 4.79 Å². The van der Waals surface area contributed by atoms with Crippen molar-refractivity contribution in [2.45, 2.75) is 13.5 Å². The second kappa shape index (κ2) is 8.56. The van der Waals surface area contributed by atoms with Crippen molar-refractivity contribution in [3.8, 4) is 5.75 Å². The molecule has 6 heteroatoms. The smallest absolute Gasteiger partial charge is 0.251 e. The summed E-state index contributed by atoms with van der Waals surface area (Å²) < 4.78 is 5.32. The first kappa shape index (κ1) is 18.7. The second-order valence-electron chi connectivity index (χ2n) is 6.01. The Morgan fingerprint density at radius 1 is 1.15 bits per heavy atom. The Labute approximate surface area is 163 Å². The van der Waals surface area contributed by atoms with Gasteiger partial charge in [0.1, 0.15) is 11.6 Å². The number of carbonyl (C=O) groups is 1. The van der Waals surface area contributed by atoms with Gasteiger partial charge in [0.25, 0.3) is 5.91 Å². The van der Waals surface area contributed by atoms with E-state index < -0.39 is 0 Å². The molecule has 0 radical (unpaired) electrons. The second-order valence-corrected chi connectivity index (χ2v) is 6.44. The molecule has 3 aromatic rings. The van der Waals surface area contributed by atoms with Crippen molar-refractivity contribution in [2.75, 3.05) is 12.4 Å². The normalized spacial score (nSPS) is 10.3. The molecule has 0 aliphatic rings. The summed E-state index contributed by atoms with van der Waals surface area (Å²) in [7, 11) is 1.58. The van der Waals surface area contributed by atoms with Crippen molar-refractivity contribution in [1.29, 1.82) is 0 Å². The van der Waals surface area contributed by atoms with E-state index >= 15 is 0 Å². The summed E-state index contributed by atoms with van der Waals surface area (Å²) in [5.41, 5.74) is 3.42. The van der Waals surface area contributed by atoms with Crippen molar-refractivity contribution in [1.82, 2.24) is 10.3 Å². The minimum absolute atomic E-state index is 0.165. The zero-order valence-corrected chi connectivity index (χ0v) is 15.9. The molecule has 27 heavy (non-hydrogen) atoms. The van der Waals surface area contributed by atoms with Crippen LogP contribution in [0.4, 0.5) is 11.5 Å². The Kier molecular flexibility index (Phi) is 5.94. The van der Waals surface area contributed by atoms with Gasteiger partial charge in [0.2, 0.25) is 0 Å². The van der Waals surface area contributed by atoms with Crippen molar-refractivity contribution < 1.29 is 9.53 Å². The molecule has 138 valence electrons. The highest BCUT2D eigenvalue weighted by molar-refractivity contribution is 6.31. The minimum atomic E-state index is -0.165. The van der Waals surface area contributed by atoms with Crippen molar-refractivity contribution in [3.63, 3.8) is 0 Å². The molecule has 2 N–H and O–H groups in total. The lowest BCUT2D eigenvalue weighted by molar-refractivity contribution is 0.0951. The molecular weight excluding hydrogens is 362 g/mol. The van der Waals surface area contributed by atoms with Crippen LogP contribution >= 0.6 is 11.6 Å². The molecule has 5 nitrogen and oxygen atoms in total. The van der Waals surface area contributed by atoms with Gasteiger partial charge < -0.3 is 15.4 Å². The molecular formula is C21H20ClN3O2. The van der Waals surface area contributed by atoms with Crippen molar-refractivity contribution in [3.05, 3.63) is 82.5 Å². The monoisotopic (exact) mass is 381 g/mol. The SMILES string of the molecule is COc1ccc(Cl)cc1Nc1cc(C(=O)NCc2ccccc2C)ccn1. The van der Waals surface area contributed by atoms with Gasteiger partial charge in [0.05, 0.1) is 12.8 Å². The van der Waals surface area contributed by atoms with Gasteiger partial charge in [0, 0.05) is 23.3 Å². The quantitative estimate of drug-likeness (QED) is 0.648. The fourth-order valence-corrected chi connectivity index (χ4v) is 2.81. The number of nitrogens with zero attached hydrogens (tertiary/aromatic N) is 1. The van der Waals surface area contributed by atoms with Crippen LogP contribution in [-0.4, -0.2) is 18.0 Å². The molecule has 0 aliphatic heterocycles. The molecule has 0 unspecified atom stereocenters. The zero-order valence-electron chi connectivity index (χ0n) is 15.1. The molecule has 0 aliphatic carbocycles. The van der Waals surface area contributed by atoms with E-state index in [1.54, 1.807) is 43.6 Å². The molecule has 0 saturated heterocycles. The molecule has 1 aromatic heterocycles. The van der Waals surface area contributed by atoms with Gasteiger partial charge in [-0.2, -0.15) is 0 Å². The molecule has 1 heterocycles. The predicted molar refractivity (Wildman–Crippen MR) is 108 cm³/mol. The van der Waals surface area contributed by atoms with E-state index in [2.05, 4.69) is 15.6 Å². The average Bonchev–Trinajstić information content (AvgIpc) is 2.67.